The van der Waals surface area contributed by atoms with Gasteiger partial charge in [-0.2, -0.15) is 4.39 Å². The van der Waals surface area contributed by atoms with Gasteiger partial charge in [-0.1, -0.05) is 11.6 Å². The molecule has 0 spiro atoms. The lowest BCUT2D eigenvalue weighted by Gasteiger charge is -2.39. The number of likely N-dealkylation sites (tertiary alicyclic amines) is 1. The van der Waals surface area contributed by atoms with Crippen molar-refractivity contribution in [3.63, 3.8) is 0 Å². The van der Waals surface area contributed by atoms with Crippen LogP contribution in [0, 0.1) is 17.6 Å². The number of rotatable bonds is 10. The van der Waals surface area contributed by atoms with Gasteiger partial charge in [0.05, 0.1) is 43.7 Å². The van der Waals surface area contributed by atoms with Gasteiger partial charge in [0.1, 0.15) is 0 Å². The van der Waals surface area contributed by atoms with Crippen molar-refractivity contribution < 1.29 is 42.0 Å². The van der Waals surface area contributed by atoms with E-state index in [1.807, 2.05) is 0 Å². The number of imidazole rings is 1. The van der Waals surface area contributed by atoms with Crippen LogP contribution in [0.5, 0.6) is 5.75 Å². The number of benzene rings is 2. The van der Waals surface area contributed by atoms with Gasteiger partial charge in [-0.15, -0.1) is 0 Å². The van der Waals surface area contributed by atoms with Crippen molar-refractivity contribution in [2.24, 2.45) is 18.7 Å². The van der Waals surface area contributed by atoms with Crippen molar-refractivity contribution in [3.05, 3.63) is 64.6 Å². The molecule has 278 valence electrons. The van der Waals surface area contributed by atoms with Crippen molar-refractivity contribution in [2.75, 3.05) is 78.9 Å². The fourth-order valence-corrected chi connectivity index (χ4v) is 6.85. The van der Waals surface area contributed by atoms with Gasteiger partial charge >= 0.3 is 0 Å². The number of nitrogens with zero attached hydrogens (tertiary/aromatic N) is 6. The molecule has 2 aliphatic heterocycles. The minimum absolute atomic E-state index is 0.00305. The van der Waals surface area contributed by atoms with Gasteiger partial charge in [0.2, 0.25) is 11.7 Å². The Morgan fingerprint density at radius 1 is 0.942 bits per heavy atom. The molecular weight excluding hydrogens is 702 g/mol. The highest BCUT2D eigenvalue weighted by atomic mass is 35.5. The summed E-state index contributed by atoms with van der Waals surface area (Å²) in [5.74, 6) is -4.36. The van der Waals surface area contributed by atoms with Crippen LogP contribution in [-0.2, 0) is 21.4 Å². The molecule has 3 N–H and O–H groups in total. The molecule has 14 nitrogen and oxygen atoms in total. The maximum absolute atomic E-state index is 14.7. The number of quaternary nitrogens is 1. The molecule has 2 saturated heterocycles. The van der Waals surface area contributed by atoms with Crippen LogP contribution >= 0.6 is 11.6 Å². The van der Waals surface area contributed by atoms with Crippen molar-refractivity contribution >= 4 is 46.8 Å². The first-order valence-electron chi connectivity index (χ1n) is 16.7. The van der Waals surface area contributed by atoms with Gasteiger partial charge in [0.15, 0.2) is 30.5 Å². The molecule has 0 unspecified atom stereocenters. The van der Waals surface area contributed by atoms with E-state index in [9.17, 15) is 32.8 Å². The van der Waals surface area contributed by atoms with E-state index in [0.717, 1.165) is 0 Å². The Bertz CT molecular complexity index is 1890. The summed E-state index contributed by atoms with van der Waals surface area (Å²) in [4.78, 5) is 73.1. The predicted molar refractivity (Wildman–Crippen MR) is 187 cm³/mol. The van der Waals surface area contributed by atoms with Gasteiger partial charge in [0.25, 0.3) is 23.6 Å². The fourth-order valence-electron chi connectivity index (χ4n) is 6.59. The number of anilines is 1. The average molecular weight is 744 g/mol. The van der Waals surface area contributed by atoms with Gasteiger partial charge in [-0.3, -0.25) is 24.0 Å². The van der Waals surface area contributed by atoms with Crippen molar-refractivity contribution in [3.8, 4) is 17.0 Å². The fraction of sp³-hybridized carbons (Fsp3) is 0.429. The summed E-state index contributed by atoms with van der Waals surface area (Å²) < 4.78 is 35.3. The van der Waals surface area contributed by atoms with E-state index in [-0.39, 0.29) is 80.3 Å². The predicted octanol–water partition coefficient (Wildman–Crippen LogP) is 2.36. The first kappa shape index (κ1) is 38.1. The summed E-state index contributed by atoms with van der Waals surface area (Å²) in [5, 5.41) is 2.77. The van der Waals surface area contributed by atoms with Gasteiger partial charge in [-0.25, -0.2) is 9.37 Å². The molecule has 17 heteroatoms. The molecule has 0 radical (unpaired) electrons. The zero-order valence-electron chi connectivity index (χ0n) is 29.5. The molecule has 3 heterocycles. The second-order valence-corrected chi connectivity index (χ2v) is 14.0. The standard InChI is InChI=1S/C35H41ClF2N8O6/c1-42-26(24-7-8-27(52-4)31(38)30(24)37)18-40-32(42)33(49)41-22-5-6-23(25(36)17-22)35(51)45-15-13-44(14-16-45)34(50)21-9-11-43(12-10-21)29(48)20-46(2,3)19-28(39)47/h5-8,17-18,21H,9-16,19-20H2,1-4H3,(H2-,39,41,47,49,51)/p+1. The molecule has 52 heavy (non-hydrogen) atoms. The molecule has 0 bridgehead atoms. The first-order valence-corrected chi connectivity index (χ1v) is 17.1. The molecule has 0 atom stereocenters. The van der Waals surface area contributed by atoms with Gasteiger partial charge in [-0.05, 0) is 43.2 Å². The van der Waals surface area contributed by atoms with E-state index in [2.05, 4.69) is 10.3 Å². The summed E-state index contributed by atoms with van der Waals surface area (Å²) >= 11 is 6.50. The SMILES string of the molecule is COc1ccc(-c2cnc(C(=O)Nc3ccc(C(=O)N4CCN(C(=O)C5CCN(C(=O)C[N+](C)(C)CC(N)=O)CC5)CC4)c(Cl)c3)n2C)c(F)c1F. The monoisotopic (exact) mass is 743 g/mol. The summed E-state index contributed by atoms with van der Waals surface area (Å²) in [5.41, 5.74) is 5.88. The number of likely N-dealkylation sites (N-methyl/N-ethyl adjacent to an activating group) is 1. The van der Waals surface area contributed by atoms with Crippen molar-refractivity contribution in [2.45, 2.75) is 12.8 Å². The number of nitrogens with two attached hydrogens (primary N) is 1. The number of hydrogen-bond acceptors (Lipinski definition) is 7. The molecule has 5 amide bonds. The van der Waals surface area contributed by atoms with E-state index in [1.165, 1.54) is 55.3 Å². The Balaban J connectivity index is 1.12. The molecule has 0 saturated carbocycles. The Morgan fingerprint density at radius 2 is 1.60 bits per heavy atom. The van der Waals surface area contributed by atoms with E-state index < -0.39 is 23.4 Å². The quantitative estimate of drug-likeness (QED) is 0.302. The molecular formula is C35H42ClF2N8O6+. The number of methoxy groups -OCH3 is 1. The minimum Gasteiger partial charge on any atom is -0.494 e. The third-order valence-corrected chi connectivity index (χ3v) is 9.73. The molecule has 3 aromatic rings. The maximum Gasteiger partial charge on any atom is 0.291 e. The Kier molecular flexibility index (Phi) is 11.5. The molecule has 2 fully saturated rings. The van der Waals surface area contributed by atoms with Crippen LogP contribution < -0.4 is 15.8 Å². The van der Waals surface area contributed by atoms with Crippen LogP contribution in [0.1, 0.15) is 33.8 Å². The number of nitrogens with one attached hydrogen (secondary N) is 1. The number of hydrogen-bond donors (Lipinski definition) is 2. The highest BCUT2D eigenvalue weighted by Gasteiger charge is 2.34. The molecule has 0 aliphatic carbocycles. The van der Waals surface area contributed by atoms with Crippen LogP contribution in [-0.4, -0.2) is 132 Å². The summed E-state index contributed by atoms with van der Waals surface area (Å²) in [6.45, 7) is 2.43. The third-order valence-electron chi connectivity index (χ3n) is 9.41. The van der Waals surface area contributed by atoms with Crippen LogP contribution in [0.15, 0.2) is 36.5 Å². The second kappa shape index (κ2) is 15.7. The number of piperidine rings is 1. The summed E-state index contributed by atoms with van der Waals surface area (Å²) in [6.07, 6.45) is 2.33. The molecule has 1 aromatic heterocycles. The van der Waals surface area contributed by atoms with Gasteiger partial charge in [0, 0.05) is 63.5 Å². The Labute approximate surface area is 304 Å². The second-order valence-electron chi connectivity index (χ2n) is 13.6. The number of halogens is 3. The number of piperazine rings is 1. The number of ether oxygens (including phenoxy) is 1. The van der Waals surface area contributed by atoms with Crippen LogP contribution in [0.3, 0.4) is 0 Å². The number of primary amides is 1. The van der Waals surface area contributed by atoms with Crippen LogP contribution in [0.2, 0.25) is 5.02 Å². The highest BCUT2D eigenvalue weighted by Crippen LogP contribution is 2.30. The maximum atomic E-state index is 14.7. The molecule has 2 aromatic carbocycles. The number of carbonyl (C=O) groups is 5. The van der Waals surface area contributed by atoms with Crippen molar-refractivity contribution in [1.82, 2.24) is 24.3 Å². The largest absolute Gasteiger partial charge is 0.494 e. The molecule has 2 aliphatic rings. The number of amides is 5. The third kappa shape index (κ3) is 8.34. The zero-order chi connectivity index (χ0) is 37.9. The van der Waals surface area contributed by atoms with Crippen LogP contribution in [0.25, 0.3) is 11.3 Å². The Hall–Kier alpha value is -5.09. The average Bonchev–Trinajstić information content (AvgIpc) is 3.49. The van der Waals surface area contributed by atoms with E-state index in [1.54, 1.807) is 28.8 Å². The molecule has 5 rings (SSSR count). The number of carbonyl (C=O) groups excluding carboxylic acids is 5. The van der Waals surface area contributed by atoms with Crippen molar-refractivity contribution in [1.29, 1.82) is 0 Å². The van der Waals surface area contributed by atoms with Gasteiger partial charge < -0.3 is 39.5 Å². The zero-order valence-corrected chi connectivity index (χ0v) is 30.2. The van der Waals surface area contributed by atoms with E-state index in [0.29, 0.717) is 52.1 Å². The summed E-state index contributed by atoms with van der Waals surface area (Å²) in [7, 11) is 6.26. The highest BCUT2D eigenvalue weighted by molar-refractivity contribution is 6.34. The topological polar surface area (TPSA) is 160 Å². The lowest BCUT2D eigenvalue weighted by Crippen LogP contribution is -2.55. The van der Waals surface area contributed by atoms with Crippen LogP contribution in [0.4, 0.5) is 14.5 Å². The number of aromatic nitrogens is 2. The smallest absolute Gasteiger partial charge is 0.291 e. The van der Waals surface area contributed by atoms with E-state index >= 15 is 0 Å². The normalized spacial score (nSPS) is 15.4. The summed E-state index contributed by atoms with van der Waals surface area (Å²) in [6, 6.07) is 7.07. The first-order chi connectivity index (χ1) is 24.6. The lowest BCUT2D eigenvalue weighted by molar-refractivity contribution is -0.874. The lowest BCUT2D eigenvalue weighted by atomic mass is 9.94. The van der Waals surface area contributed by atoms with E-state index in [4.69, 9.17) is 22.1 Å². The Morgan fingerprint density at radius 3 is 2.21 bits per heavy atom. The minimum atomic E-state index is -1.16.